The highest BCUT2D eigenvalue weighted by Crippen LogP contribution is 2.32. The predicted octanol–water partition coefficient (Wildman–Crippen LogP) is 2.92. The van der Waals surface area contributed by atoms with E-state index >= 15 is 0 Å². The molecular formula is C17H12F4N4O5. The molecule has 0 unspecified atom stereocenters. The van der Waals surface area contributed by atoms with Crippen LogP contribution in [0.3, 0.4) is 0 Å². The average molecular weight is 428 g/mol. The van der Waals surface area contributed by atoms with Crippen LogP contribution in [0.5, 0.6) is 5.75 Å². The Morgan fingerprint density at radius 2 is 1.83 bits per heavy atom. The van der Waals surface area contributed by atoms with E-state index in [-0.39, 0.29) is 11.3 Å². The lowest BCUT2D eigenvalue weighted by molar-refractivity contribution is -0.384. The Morgan fingerprint density at radius 3 is 2.50 bits per heavy atom. The zero-order valence-electron chi connectivity index (χ0n) is 14.7. The first kappa shape index (κ1) is 22.3. The lowest BCUT2D eigenvalue weighted by Crippen LogP contribution is -2.35. The lowest BCUT2D eigenvalue weighted by Gasteiger charge is -2.19. The van der Waals surface area contributed by atoms with Gasteiger partial charge in [0.15, 0.2) is 0 Å². The van der Waals surface area contributed by atoms with Crippen LogP contribution in [0.1, 0.15) is 5.56 Å². The third-order valence-corrected chi connectivity index (χ3v) is 3.30. The molecule has 0 radical (unpaired) electrons. The van der Waals surface area contributed by atoms with Gasteiger partial charge in [0.05, 0.1) is 16.8 Å². The maximum absolute atomic E-state index is 13.1. The largest absolute Gasteiger partial charge is 0.461 e. The third-order valence-electron chi connectivity index (χ3n) is 3.30. The molecule has 0 heterocycles. The van der Waals surface area contributed by atoms with Gasteiger partial charge in [-0.05, 0) is 12.1 Å². The van der Waals surface area contributed by atoms with E-state index in [9.17, 15) is 37.3 Å². The Balaban J connectivity index is 2.02. The summed E-state index contributed by atoms with van der Waals surface area (Å²) in [6.07, 6.45) is -7.91. The van der Waals surface area contributed by atoms with Gasteiger partial charge in [-0.25, -0.2) is 5.43 Å². The van der Waals surface area contributed by atoms with E-state index in [1.807, 2.05) is 10.7 Å². The summed E-state index contributed by atoms with van der Waals surface area (Å²) in [6, 6.07) is 9.63. The summed E-state index contributed by atoms with van der Waals surface area (Å²) in [5.41, 5.74) is 1.39. The number of nitro benzene ring substituents is 1. The summed E-state index contributed by atoms with van der Waals surface area (Å²) in [4.78, 5) is 33.7. The van der Waals surface area contributed by atoms with Crippen LogP contribution in [-0.2, 0) is 9.59 Å². The van der Waals surface area contributed by atoms with E-state index in [2.05, 4.69) is 9.84 Å². The summed E-state index contributed by atoms with van der Waals surface area (Å²) in [5.74, 6) is -3.47. The number of nitrogens with zero attached hydrogens (tertiary/aromatic N) is 2. The van der Waals surface area contributed by atoms with Gasteiger partial charge in [-0.15, -0.1) is 0 Å². The molecule has 2 amide bonds. The molecule has 0 aliphatic carbocycles. The standard InChI is InChI=1S/C17H12F4N4O5/c18-16(19)17(20,21)30-13-7-2-1-6-12(13)23-14(26)15(27)24-22-9-10-4-3-5-11(8-10)25(28)29/h1-9,16H,(H,23,26)(H,24,27)/b22-9+. The number of anilines is 1. The number of benzene rings is 2. The number of carbonyl (C=O) groups excluding carboxylic acids is 2. The molecule has 2 aromatic carbocycles. The molecule has 30 heavy (non-hydrogen) atoms. The van der Waals surface area contributed by atoms with Crippen molar-refractivity contribution in [2.24, 2.45) is 5.10 Å². The number of para-hydroxylation sites is 2. The molecule has 0 atom stereocenters. The van der Waals surface area contributed by atoms with Crippen LogP contribution >= 0.6 is 0 Å². The second-order valence-electron chi connectivity index (χ2n) is 5.47. The summed E-state index contributed by atoms with van der Waals surface area (Å²) < 4.78 is 54.7. The van der Waals surface area contributed by atoms with Crippen molar-refractivity contribution in [2.45, 2.75) is 12.5 Å². The van der Waals surface area contributed by atoms with E-state index in [1.165, 1.54) is 30.3 Å². The number of hydrazone groups is 1. The van der Waals surface area contributed by atoms with Gasteiger partial charge in [0.25, 0.3) is 5.69 Å². The number of hydrogen-bond acceptors (Lipinski definition) is 6. The molecule has 0 aliphatic rings. The van der Waals surface area contributed by atoms with Crippen LogP contribution in [0.2, 0.25) is 0 Å². The van der Waals surface area contributed by atoms with E-state index in [0.29, 0.717) is 0 Å². The number of non-ortho nitro benzene ring substituents is 1. The number of amides is 2. The highest BCUT2D eigenvalue weighted by atomic mass is 19.3. The van der Waals surface area contributed by atoms with Gasteiger partial charge in [0.1, 0.15) is 5.75 Å². The van der Waals surface area contributed by atoms with Crippen molar-refractivity contribution >= 4 is 29.4 Å². The molecule has 0 saturated heterocycles. The minimum atomic E-state index is -4.81. The molecule has 158 valence electrons. The van der Waals surface area contributed by atoms with E-state index in [4.69, 9.17) is 0 Å². The van der Waals surface area contributed by atoms with Crippen LogP contribution in [0.15, 0.2) is 53.6 Å². The van der Waals surface area contributed by atoms with Gasteiger partial charge in [0, 0.05) is 17.7 Å². The van der Waals surface area contributed by atoms with Gasteiger partial charge >= 0.3 is 24.3 Å². The number of hydrogen-bond donors (Lipinski definition) is 2. The smallest absolute Gasteiger partial charge is 0.426 e. The van der Waals surface area contributed by atoms with Gasteiger partial charge in [0.2, 0.25) is 0 Å². The Hall–Kier alpha value is -4.03. The van der Waals surface area contributed by atoms with Crippen molar-refractivity contribution in [3.63, 3.8) is 0 Å². The fraction of sp³-hybridized carbons (Fsp3) is 0.118. The predicted molar refractivity (Wildman–Crippen MR) is 95.5 cm³/mol. The van der Waals surface area contributed by atoms with Crippen LogP contribution in [-0.4, -0.2) is 35.5 Å². The molecule has 0 aliphatic heterocycles. The molecule has 0 saturated carbocycles. The fourth-order valence-corrected chi connectivity index (χ4v) is 1.96. The molecule has 13 heteroatoms. The van der Waals surface area contributed by atoms with Gasteiger partial charge in [-0.1, -0.05) is 24.3 Å². The average Bonchev–Trinajstić information content (AvgIpc) is 2.69. The molecule has 9 nitrogen and oxygen atoms in total. The quantitative estimate of drug-likeness (QED) is 0.231. The number of halogens is 4. The number of rotatable bonds is 7. The van der Waals surface area contributed by atoms with Crippen LogP contribution in [0, 0.1) is 10.1 Å². The molecule has 2 rings (SSSR count). The van der Waals surface area contributed by atoms with Gasteiger partial charge in [-0.2, -0.15) is 22.7 Å². The van der Waals surface area contributed by atoms with Crippen LogP contribution in [0.25, 0.3) is 0 Å². The van der Waals surface area contributed by atoms with Crippen molar-refractivity contribution in [1.82, 2.24) is 5.43 Å². The molecule has 0 fully saturated rings. The fourth-order valence-electron chi connectivity index (χ4n) is 1.96. The Kier molecular flexibility index (Phi) is 7.01. The normalized spacial score (nSPS) is 11.4. The first-order valence-corrected chi connectivity index (χ1v) is 7.93. The SMILES string of the molecule is O=C(N/N=C/c1cccc([N+](=O)[O-])c1)C(=O)Nc1ccccc1OC(F)(F)C(F)F. The first-order valence-electron chi connectivity index (χ1n) is 7.93. The summed E-state index contributed by atoms with van der Waals surface area (Å²) in [7, 11) is 0. The zero-order chi connectivity index (χ0) is 22.3. The number of ether oxygens (including phenoxy) is 1. The summed E-state index contributed by atoms with van der Waals surface area (Å²) >= 11 is 0. The number of nitrogens with one attached hydrogen (secondary N) is 2. The number of alkyl halides is 4. The van der Waals surface area contributed by atoms with Crippen molar-refractivity contribution in [1.29, 1.82) is 0 Å². The summed E-state index contributed by atoms with van der Waals surface area (Å²) in [6.45, 7) is 0. The van der Waals surface area contributed by atoms with Gasteiger partial charge in [-0.3, -0.25) is 19.7 Å². The first-order chi connectivity index (χ1) is 14.1. The molecule has 2 aromatic rings. The Morgan fingerprint density at radius 1 is 1.13 bits per heavy atom. The van der Waals surface area contributed by atoms with Crippen molar-refractivity contribution in [2.75, 3.05) is 5.32 Å². The second-order valence-corrected chi connectivity index (χ2v) is 5.47. The molecule has 2 N–H and O–H groups in total. The topological polar surface area (TPSA) is 123 Å². The van der Waals surface area contributed by atoms with Gasteiger partial charge < -0.3 is 10.1 Å². The minimum absolute atomic E-state index is 0.222. The van der Waals surface area contributed by atoms with Crippen molar-refractivity contribution in [3.05, 3.63) is 64.2 Å². The van der Waals surface area contributed by atoms with E-state index < -0.39 is 40.7 Å². The van der Waals surface area contributed by atoms with E-state index in [0.717, 1.165) is 24.4 Å². The molecular weight excluding hydrogens is 416 g/mol. The molecule has 0 aromatic heterocycles. The van der Waals surface area contributed by atoms with Crippen molar-refractivity contribution in [3.8, 4) is 5.75 Å². The highest BCUT2D eigenvalue weighted by molar-refractivity contribution is 6.39. The van der Waals surface area contributed by atoms with Crippen LogP contribution < -0.4 is 15.5 Å². The van der Waals surface area contributed by atoms with Crippen molar-refractivity contribution < 1.29 is 36.8 Å². The Labute approximate surface area is 165 Å². The Bertz CT molecular complexity index is 984. The molecule has 0 bridgehead atoms. The van der Waals surface area contributed by atoms with E-state index in [1.54, 1.807) is 0 Å². The second kappa shape index (κ2) is 9.45. The maximum Gasteiger partial charge on any atom is 0.461 e. The third kappa shape index (κ3) is 5.98. The van der Waals surface area contributed by atoms with Crippen LogP contribution in [0.4, 0.5) is 28.9 Å². The maximum atomic E-state index is 13.1. The zero-order valence-corrected chi connectivity index (χ0v) is 14.7. The highest BCUT2D eigenvalue weighted by Gasteiger charge is 2.44. The molecule has 0 spiro atoms. The lowest BCUT2D eigenvalue weighted by atomic mass is 10.2. The minimum Gasteiger partial charge on any atom is -0.426 e. The number of carbonyl (C=O) groups is 2. The monoisotopic (exact) mass is 428 g/mol. The summed E-state index contributed by atoms with van der Waals surface area (Å²) in [5, 5.41) is 16.1. The number of nitro groups is 1.